The summed E-state index contributed by atoms with van der Waals surface area (Å²) < 4.78 is 11.4. The SMILES string of the molecule is CCCCCCCCCCCCCCCCCCOC(=O)CCc1cc2c(c(C(C)(C)C)c1)OC(=O)C2c1cccc(C)c1. The third-order valence-electron chi connectivity index (χ3n) is 8.99. The van der Waals surface area contributed by atoms with Crippen molar-refractivity contribution >= 4 is 11.9 Å². The van der Waals surface area contributed by atoms with Gasteiger partial charge in [0, 0.05) is 17.5 Å². The molecule has 2 aromatic rings. The molecule has 4 heteroatoms. The summed E-state index contributed by atoms with van der Waals surface area (Å²) in [6, 6.07) is 12.2. The van der Waals surface area contributed by atoms with Crippen molar-refractivity contribution in [2.45, 2.75) is 162 Å². The molecule has 0 aliphatic carbocycles. The predicted molar refractivity (Wildman–Crippen MR) is 183 cm³/mol. The topological polar surface area (TPSA) is 52.6 Å². The van der Waals surface area contributed by atoms with Gasteiger partial charge in [-0.1, -0.05) is 166 Å². The Morgan fingerprint density at radius 3 is 1.91 bits per heavy atom. The number of hydrogen-bond donors (Lipinski definition) is 0. The van der Waals surface area contributed by atoms with Crippen LogP contribution in [0.25, 0.3) is 0 Å². The van der Waals surface area contributed by atoms with Crippen LogP contribution in [-0.4, -0.2) is 18.5 Å². The zero-order chi connectivity index (χ0) is 31.8. The van der Waals surface area contributed by atoms with Gasteiger partial charge in [0.15, 0.2) is 0 Å². The van der Waals surface area contributed by atoms with Crippen molar-refractivity contribution in [1.29, 1.82) is 0 Å². The number of esters is 2. The third-order valence-corrected chi connectivity index (χ3v) is 8.99. The van der Waals surface area contributed by atoms with Crippen molar-refractivity contribution in [3.8, 4) is 5.75 Å². The fourth-order valence-electron chi connectivity index (χ4n) is 6.35. The summed E-state index contributed by atoms with van der Waals surface area (Å²) in [5, 5.41) is 0. The number of carbonyl (C=O) groups is 2. The molecule has 244 valence electrons. The van der Waals surface area contributed by atoms with E-state index in [0.717, 1.165) is 40.7 Å². The second-order valence-electron chi connectivity index (χ2n) is 14.1. The van der Waals surface area contributed by atoms with Gasteiger partial charge in [0.1, 0.15) is 11.7 Å². The summed E-state index contributed by atoms with van der Waals surface area (Å²) in [4.78, 5) is 25.6. The van der Waals surface area contributed by atoms with Crippen molar-refractivity contribution in [2.24, 2.45) is 0 Å². The molecule has 0 saturated carbocycles. The third kappa shape index (κ3) is 12.1. The molecule has 3 rings (SSSR count). The van der Waals surface area contributed by atoms with Crippen LogP contribution in [0.15, 0.2) is 36.4 Å². The second kappa shape index (κ2) is 19.0. The zero-order valence-electron chi connectivity index (χ0n) is 28.6. The van der Waals surface area contributed by atoms with Crippen molar-refractivity contribution in [3.63, 3.8) is 0 Å². The summed E-state index contributed by atoms with van der Waals surface area (Å²) >= 11 is 0. The van der Waals surface area contributed by atoms with Gasteiger partial charge in [0.05, 0.1) is 6.61 Å². The molecule has 0 spiro atoms. The average molecular weight is 605 g/mol. The van der Waals surface area contributed by atoms with E-state index < -0.39 is 5.92 Å². The van der Waals surface area contributed by atoms with E-state index in [9.17, 15) is 9.59 Å². The molecule has 0 aromatic heterocycles. The van der Waals surface area contributed by atoms with Gasteiger partial charge in [-0.15, -0.1) is 0 Å². The molecule has 1 atom stereocenters. The fraction of sp³-hybridized carbons (Fsp3) is 0.650. The van der Waals surface area contributed by atoms with Crippen molar-refractivity contribution in [3.05, 3.63) is 64.2 Å². The fourth-order valence-corrected chi connectivity index (χ4v) is 6.35. The number of fused-ring (bicyclic) bond motifs is 1. The number of carbonyl (C=O) groups excluding carboxylic acids is 2. The molecule has 0 radical (unpaired) electrons. The summed E-state index contributed by atoms with van der Waals surface area (Å²) in [5.74, 6) is -0.130. The van der Waals surface area contributed by atoms with Crippen LogP contribution in [-0.2, 0) is 26.2 Å². The van der Waals surface area contributed by atoms with E-state index in [1.165, 1.54) is 89.9 Å². The van der Waals surface area contributed by atoms with Gasteiger partial charge >= 0.3 is 11.9 Å². The van der Waals surface area contributed by atoms with Crippen LogP contribution >= 0.6 is 0 Å². The Bertz CT molecular complexity index is 1160. The first-order valence-corrected chi connectivity index (χ1v) is 17.8. The average Bonchev–Trinajstić information content (AvgIpc) is 3.32. The van der Waals surface area contributed by atoms with Crippen LogP contribution in [0.2, 0.25) is 0 Å². The Morgan fingerprint density at radius 1 is 0.795 bits per heavy atom. The highest BCUT2D eigenvalue weighted by Crippen LogP contribution is 2.46. The molecular formula is C40H60O4. The Balaban J connectivity index is 1.32. The normalized spacial score (nSPS) is 14.5. The van der Waals surface area contributed by atoms with E-state index in [0.29, 0.717) is 25.2 Å². The van der Waals surface area contributed by atoms with E-state index in [1.54, 1.807) is 0 Å². The molecule has 1 aliphatic heterocycles. The minimum atomic E-state index is -0.437. The lowest BCUT2D eigenvalue weighted by Crippen LogP contribution is -2.14. The highest BCUT2D eigenvalue weighted by atomic mass is 16.5. The summed E-state index contributed by atoms with van der Waals surface area (Å²) in [7, 11) is 0. The van der Waals surface area contributed by atoms with Gasteiger partial charge in [0.2, 0.25) is 0 Å². The molecule has 0 bridgehead atoms. The highest BCUT2D eigenvalue weighted by molar-refractivity contribution is 5.90. The number of hydrogen-bond acceptors (Lipinski definition) is 4. The van der Waals surface area contributed by atoms with Gasteiger partial charge in [-0.2, -0.15) is 0 Å². The maximum atomic E-state index is 13.0. The smallest absolute Gasteiger partial charge is 0.323 e. The van der Waals surface area contributed by atoms with Gasteiger partial charge in [-0.25, -0.2) is 0 Å². The number of benzene rings is 2. The van der Waals surface area contributed by atoms with Crippen LogP contribution in [0.5, 0.6) is 5.75 Å². The second-order valence-corrected chi connectivity index (χ2v) is 14.1. The molecule has 0 N–H and O–H groups in total. The van der Waals surface area contributed by atoms with Crippen molar-refractivity contribution in [1.82, 2.24) is 0 Å². The number of rotatable bonds is 21. The van der Waals surface area contributed by atoms with E-state index in [1.807, 2.05) is 25.1 Å². The van der Waals surface area contributed by atoms with Crippen molar-refractivity contribution in [2.75, 3.05) is 6.61 Å². The first kappa shape index (κ1) is 35.9. The van der Waals surface area contributed by atoms with E-state index in [4.69, 9.17) is 9.47 Å². The molecule has 0 fully saturated rings. The molecular weight excluding hydrogens is 544 g/mol. The van der Waals surface area contributed by atoms with Crippen LogP contribution in [0.3, 0.4) is 0 Å². The number of aryl methyl sites for hydroxylation is 2. The minimum Gasteiger partial charge on any atom is -0.466 e. The van der Waals surface area contributed by atoms with E-state index in [2.05, 4.69) is 45.9 Å². The molecule has 2 aromatic carbocycles. The maximum Gasteiger partial charge on any atom is 0.323 e. The number of unbranched alkanes of at least 4 members (excludes halogenated alkanes) is 15. The summed E-state index contributed by atoms with van der Waals surface area (Å²) in [5.41, 5.74) is 4.82. The molecule has 1 unspecified atom stereocenters. The van der Waals surface area contributed by atoms with Crippen molar-refractivity contribution < 1.29 is 19.1 Å². The molecule has 1 heterocycles. The van der Waals surface area contributed by atoms with E-state index in [-0.39, 0.29) is 17.4 Å². The lowest BCUT2D eigenvalue weighted by atomic mass is 9.81. The van der Waals surface area contributed by atoms with Gasteiger partial charge in [-0.05, 0) is 36.3 Å². The molecule has 0 amide bonds. The van der Waals surface area contributed by atoms with Gasteiger partial charge in [-0.3, -0.25) is 9.59 Å². The van der Waals surface area contributed by atoms with Crippen LogP contribution < -0.4 is 4.74 Å². The standard InChI is InChI=1S/C40H60O4/c1-6-7-8-9-10-11-12-13-14-15-16-17-18-19-20-21-27-43-36(41)26-25-32-29-34-37(33-24-22-23-31(2)28-33)39(42)44-38(34)35(30-32)40(3,4)5/h22-24,28-30,37H,6-21,25-27H2,1-5H3. The Labute approximate surface area is 268 Å². The first-order valence-electron chi connectivity index (χ1n) is 17.8. The molecule has 1 aliphatic rings. The van der Waals surface area contributed by atoms with Crippen LogP contribution in [0, 0.1) is 6.92 Å². The maximum absolute atomic E-state index is 13.0. The van der Waals surface area contributed by atoms with Gasteiger partial charge < -0.3 is 9.47 Å². The lowest BCUT2D eigenvalue weighted by Gasteiger charge is -2.23. The lowest BCUT2D eigenvalue weighted by molar-refractivity contribution is -0.143. The highest BCUT2D eigenvalue weighted by Gasteiger charge is 2.38. The predicted octanol–water partition coefficient (Wildman–Crippen LogP) is 11.1. The Hall–Kier alpha value is -2.62. The van der Waals surface area contributed by atoms with Crippen LogP contribution in [0.1, 0.15) is 171 Å². The molecule has 44 heavy (non-hydrogen) atoms. The molecule has 4 nitrogen and oxygen atoms in total. The monoisotopic (exact) mass is 604 g/mol. The molecule has 0 saturated heterocycles. The number of ether oxygens (including phenoxy) is 2. The quantitative estimate of drug-likeness (QED) is 0.0808. The largest absolute Gasteiger partial charge is 0.466 e. The Kier molecular flexibility index (Phi) is 15.5. The Morgan fingerprint density at radius 2 is 1.36 bits per heavy atom. The van der Waals surface area contributed by atoms with E-state index >= 15 is 0 Å². The van der Waals surface area contributed by atoms with Gasteiger partial charge in [0.25, 0.3) is 0 Å². The summed E-state index contributed by atoms with van der Waals surface area (Å²) in [6.45, 7) is 11.2. The first-order chi connectivity index (χ1) is 21.2. The van der Waals surface area contributed by atoms with Crippen LogP contribution in [0.4, 0.5) is 0 Å². The zero-order valence-corrected chi connectivity index (χ0v) is 28.6. The summed E-state index contributed by atoms with van der Waals surface area (Å²) in [6.07, 6.45) is 22.2. The minimum absolute atomic E-state index is 0.147.